The molecule has 0 radical (unpaired) electrons. The first-order valence-corrected chi connectivity index (χ1v) is 9.71. The lowest BCUT2D eigenvalue weighted by molar-refractivity contribution is 0.215. The number of benzene rings is 1. The minimum Gasteiger partial charge on any atom is -0.504 e. The first-order valence-electron chi connectivity index (χ1n) is 8.89. The van der Waals surface area contributed by atoms with Gasteiger partial charge >= 0.3 is 0 Å². The number of hydrogen-bond donors (Lipinski definition) is 1. The average Bonchev–Trinajstić information content (AvgIpc) is 2.99. The zero-order valence-electron chi connectivity index (χ0n) is 15.4. The summed E-state index contributed by atoms with van der Waals surface area (Å²) in [6.45, 7) is 4.77. The van der Waals surface area contributed by atoms with Crippen LogP contribution in [0.1, 0.15) is 16.1 Å². The number of hydrogen-bond acceptors (Lipinski definition) is 6. The summed E-state index contributed by atoms with van der Waals surface area (Å²) in [5.74, 6) is 1.60. The van der Waals surface area contributed by atoms with Gasteiger partial charge in [0.2, 0.25) is 0 Å². The number of methoxy groups -OCH3 is 1. The topological polar surface area (TPSA) is 54.8 Å². The highest BCUT2D eigenvalue weighted by Crippen LogP contribution is 2.39. The van der Waals surface area contributed by atoms with E-state index in [1.165, 1.54) is 4.88 Å². The first kappa shape index (κ1) is 17.8. The third-order valence-electron chi connectivity index (χ3n) is 4.63. The molecule has 0 spiro atoms. The van der Waals surface area contributed by atoms with E-state index in [1.807, 2.05) is 12.1 Å². The maximum atomic E-state index is 10.5. The Hall–Kier alpha value is -2.57. The summed E-state index contributed by atoms with van der Waals surface area (Å²) in [5.41, 5.74) is 2.97. The summed E-state index contributed by atoms with van der Waals surface area (Å²) in [6.07, 6.45) is 1.76. The average molecular weight is 382 g/mol. The monoisotopic (exact) mass is 382 g/mol. The van der Waals surface area contributed by atoms with Crippen molar-refractivity contribution in [3.63, 3.8) is 0 Å². The molecule has 4 rings (SSSR count). The van der Waals surface area contributed by atoms with Crippen LogP contribution in [0.5, 0.6) is 17.2 Å². The zero-order chi connectivity index (χ0) is 18.8. The van der Waals surface area contributed by atoms with E-state index in [1.54, 1.807) is 30.7 Å². The molecule has 3 heterocycles. The summed E-state index contributed by atoms with van der Waals surface area (Å²) in [4.78, 5) is 9.12. The lowest BCUT2D eigenvalue weighted by Crippen LogP contribution is -2.25. The van der Waals surface area contributed by atoms with Gasteiger partial charge in [-0.1, -0.05) is 0 Å². The number of phenolic OH excluding ortho intramolecular Hbond substituents is 1. The van der Waals surface area contributed by atoms with Gasteiger partial charge in [-0.15, -0.1) is 11.3 Å². The van der Waals surface area contributed by atoms with E-state index in [0.29, 0.717) is 25.4 Å². The van der Waals surface area contributed by atoms with Crippen LogP contribution in [0.15, 0.2) is 42.6 Å². The van der Waals surface area contributed by atoms with Crippen molar-refractivity contribution in [1.82, 2.24) is 9.88 Å². The van der Waals surface area contributed by atoms with Gasteiger partial charge in [-0.25, -0.2) is 0 Å². The minimum absolute atomic E-state index is 0.204. The normalized spacial score (nSPS) is 14.3. The molecule has 0 aliphatic carbocycles. The van der Waals surface area contributed by atoms with Crippen molar-refractivity contribution < 1.29 is 14.6 Å². The maximum Gasteiger partial charge on any atom is 0.165 e. The third-order valence-corrected chi connectivity index (χ3v) is 5.68. The highest BCUT2D eigenvalue weighted by molar-refractivity contribution is 7.15. The van der Waals surface area contributed by atoms with Crippen LogP contribution in [0.3, 0.4) is 0 Å². The molecule has 5 nitrogen and oxygen atoms in total. The van der Waals surface area contributed by atoms with Gasteiger partial charge in [-0.3, -0.25) is 9.88 Å². The summed E-state index contributed by atoms with van der Waals surface area (Å²) >= 11 is 1.72. The number of ether oxygens (including phenoxy) is 2. The molecule has 0 saturated heterocycles. The molecule has 140 valence electrons. The van der Waals surface area contributed by atoms with Crippen molar-refractivity contribution in [3.05, 3.63) is 58.7 Å². The zero-order valence-corrected chi connectivity index (χ0v) is 16.3. The summed E-state index contributed by atoms with van der Waals surface area (Å²) in [5, 5.41) is 10.5. The van der Waals surface area contributed by atoms with Crippen LogP contribution in [0, 0.1) is 6.92 Å². The van der Waals surface area contributed by atoms with E-state index in [-0.39, 0.29) is 5.75 Å². The van der Waals surface area contributed by atoms with Crippen molar-refractivity contribution in [2.24, 2.45) is 0 Å². The quantitative estimate of drug-likeness (QED) is 0.732. The maximum absolute atomic E-state index is 10.5. The van der Waals surface area contributed by atoms with Crippen molar-refractivity contribution in [2.45, 2.75) is 20.0 Å². The molecule has 1 N–H and O–H groups in total. The van der Waals surface area contributed by atoms with Gasteiger partial charge in [-0.2, -0.15) is 0 Å². The van der Waals surface area contributed by atoms with Gasteiger partial charge in [0.1, 0.15) is 12.4 Å². The van der Waals surface area contributed by atoms with Crippen LogP contribution in [0.2, 0.25) is 0 Å². The second kappa shape index (κ2) is 7.58. The number of aromatic nitrogens is 1. The summed E-state index contributed by atoms with van der Waals surface area (Å²) in [6, 6.07) is 11.9. The van der Waals surface area contributed by atoms with Crippen LogP contribution in [0.25, 0.3) is 10.4 Å². The molecule has 1 aliphatic heterocycles. The molecule has 0 atom stereocenters. The van der Waals surface area contributed by atoms with Crippen molar-refractivity contribution in [2.75, 3.05) is 20.3 Å². The largest absolute Gasteiger partial charge is 0.504 e. The fraction of sp³-hybridized carbons (Fsp3) is 0.286. The molecule has 0 saturated carbocycles. The van der Waals surface area contributed by atoms with Crippen LogP contribution < -0.4 is 9.47 Å². The number of phenols is 1. The third kappa shape index (κ3) is 3.91. The molecule has 27 heavy (non-hydrogen) atoms. The number of nitrogens with zero attached hydrogens (tertiary/aromatic N) is 2. The van der Waals surface area contributed by atoms with Crippen molar-refractivity contribution in [3.8, 4) is 27.7 Å². The molecule has 0 fully saturated rings. The Morgan fingerprint density at radius 2 is 2.15 bits per heavy atom. The summed E-state index contributed by atoms with van der Waals surface area (Å²) in [7, 11) is 1.66. The van der Waals surface area contributed by atoms with Gasteiger partial charge < -0.3 is 14.6 Å². The fourth-order valence-electron chi connectivity index (χ4n) is 3.32. The number of aromatic hydroxyl groups is 1. The lowest BCUT2D eigenvalue weighted by atomic mass is 10.1. The van der Waals surface area contributed by atoms with Gasteiger partial charge in [0.25, 0.3) is 0 Å². The van der Waals surface area contributed by atoms with Crippen LogP contribution in [-0.2, 0) is 13.1 Å². The SMILES string of the molecule is COc1ccnc(CN2CCOc3c(O)cc(-c4ccc(C)s4)cc3C2)c1. The van der Waals surface area contributed by atoms with E-state index in [4.69, 9.17) is 9.47 Å². The molecule has 6 heteroatoms. The molecule has 0 bridgehead atoms. The second-order valence-electron chi connectivity index (χ2n) is 6.64. The number of fused-ring (bicyclic) bond motifs is 1. The Kier molecular flexibility index (Phi) is 5.01. The minimum atomic E-state index is 0.204. The molecule has 3 aromatic rings. The van der Waals surface area contributed by atoms with Crippen LogP contribution in [0.4, 0.5) is 0 Å². The van der Waals surface area contributed by atoms with E-state index < -0.39 is 0 Å². The van der Waals surface area contributed by atoms with Crippen LogP contribution >= 0.6 is 11.3 Å². The van der Waals surface area contributed by atoms with Crippen LogP contribution in [-0.4, -0.2) is 35.3 Å². The molecule has 1 aliphatic rings. The molecule has 0 amide bonds. The highest BCUT2D eigenvalue weighted by atomic mass is 32.1. The van der Waals surface area contributed by atoms with E-state index in [9.17, 15) is 5.11 Å². The van der Waals surface area contributed by atoms with Gasteiger partial charge in [0.15, 0.2) is 11.5 Å². The van der Waals surface area contributed by atoms with E-state index in [0.717, 1.165) is 34.0 Å². The predicted octanol–water partition coefficient (Wildman–Crippen LogP) is 4.23. The molecule has 0 unspecified atom stereocenters. The van der Waals surface area contributed by atoms with Crippen molar-refractivity contribution in [1.29, 1.82) is 0 Å². The Morgan fingerprint density at radius 1 is 1.26 bits per heavy atom. The Labute approximate surface area is 162 Å². The van der Waals surface area contributed by atoms with Gasteiger partial charge in [0, 0.05) is 47.2 Å². The number of aryl methyl sites for hydroxylation is 1. The van der Waals surface area contributed by atoms with E-state index in [2.05, 4.69) is 35.0 Å². The lowest BCUT2D eigenvalue weighted by Gasteiger charge is -2.19. The Balaban J connectivity index is 1.61. The molecular formula is C21H22N2O3S. The summed E-state index contributed by atoms with van der Waals surface area (Å²) < 4.78 is 11.1. The van der Waals surface area contributed by atoms with Gasteiger partial charge in [-0.05, 0) is 42.8 Å². The number of thiophene rings is 1. The first-order chi connectivity index (χ1) is 13.1. The second-order valence-corrected chi connectivity index (χ2v) is 7.93. The molecule has 1 aromatic carbocycles. The Morgan fingerprint density at radius 3 is 2.93 bits per heavy atom. The molecule has 2 aromatic heterocycles. The standard InChI is InChI=1S/C21H22N2O3S/c1-14-3-4-20(27-14)15-9-16-12-23(7-8-26-21(16)19(24)10-15)13-17-11-18(25-2)5-6-22-17/h3-6,9-11,24H,7-8,12-13H2,1-2H3. The smallest absolute Gasteiger partial charge is 0.165 e. The van der Waals surface area contributed by atoms with Gasteiger partial charge in [0.05, 0.1) is 12.8 Å². The number of pyridine rings is 1. The Bertz CT molecular complexity index is 954. The molecular weight excluding hydrogens is 360 g/mol. The predicted molar refractivity (Wildman–Crippen MR) is 107 cm³/mol. The highest BCUT2D eigenvalue weighted by Gasteiger charge is 2.20. The van der Waals surface area contributed by atoms with E-state index >= 15 is 0 Å². The fourth-order valence-corrected chi connectivity index (χ4v) is 4.17. The van der Waals surface area contributed by atoms with Crippen molar-refractivity contribution >= 4 is 11.3 Å². The number of rotatable bonds is 4.